The van der Waals surface area contributed by atoms with Crippen molar-refractivity contribution in [2.75, 3.05) is 68.0 Å². The maximum Gasteiger partial charge on any atom is 0.522 e. The molecular weight excluding hydrogens is 1640 g/mol. The molecule has 34 nitrogen and oxygen atoms in total. The number of rotatable bonds is 17. The van der Waals surface area contributed by atoms with Gasteiger partial charge in [0.25, 0.3) is 22.7 Å². The summed E-state index contributed by atoms with van der Waals surface area (Å²) in [6.07, 6.45) is 7.81. The average Bonchev–Trinajstić information content (AvgIpc) is 1.48. The van der Waals surface area contributed by atoms with Crippen LogP contribution < -0.4 is 18.9 Å². The van der Waals surface area contributed by atoms with Crippen LogP contribution in [-0.4, -0.2) is 247 Å². The molecule has 0 spiro atoms. The second kappa shape index (κ2) is 32.1. The zero-order valence-electron chi connectivity index (χ0n) is 64.1. The number of ether oxygens (including phenoxy) is 8. The van der Waals surface area contributed by atoms with Gasteiger partial charge in [-0.05, 0) is 137 Å². The van der Waals surface area contributed by atoms with Gasteiger partial charge in [0.1, 0.15) is 23.0 Å². The van der Waals surface area contributed by atoms with Gasteiger partial charge in [0.05, 0.1) is 119 Å². The van der Waals surface area contributed by atoms with Gasteiger partial charge in [-0.3, -0.25) is 68.1 Å². The quantitative estimate of drug-likeness (QED) is 0.0184. The number of hydrogen-bond donors (Lipinski definition) is 2. The topological polar surface area (TPSA) is 377 Å². The molecule has 0 bridgehead atoms. The maximum absolute atomic E-state index is 16.4. The standard InChI is InChI=1S/C72H78N12O16.2CHF3O3S.Fe/c1-9-97-61(85)69-71(63(87)99-11-3)81-39-51-53(59(95-7)26-24-57(51)93-5)41-83(71)67(91)79(69)37-49-44(33-77(69)65(81)89)31-45-34-78-66(90)82-40-52-54(60(96-8)27-25-58(52)94-6)42-84-68(92)80(70(78,62(86)98-10-2)72(82,84)64(88)100-12-4)38-50(45)48(49)23-21-43-20-22-47(74-32-43)36-76-30-16-19-56(76)55-18-15-29-75(55)35-46-17-13-14-28-73-46;2*2-1(3,4)8(5,6)7;/h13-14,17,20,22,24-28,31-32,55-56H,9-12,15-16,18-19,29-30,33-42H2,1-8H3;2*(H,5,6,7);/t55-,56-,69-,70+,71+,72-;;;/m0.../s1. The molecule has 3 aromatic carbocycles. The summed E-state index contributed by atoms with van der Waals surface area (Å²) in [4.78, 5) is 153. The van der Waals surface area contributed by atoms with Gasteiger partial charge in [-0.1, -0.05) is 24.0 Å². The number of alkyl halides is 6. The molecule has 10 aliphatic rings. The van der Waals surface area contributed by atoms with Gasteiger partial charge in [-0.25, -0.2) is 38.4 Å². The Labute approximate surface area is 676 Å². The third-order valence-corrected chi connectivity index (χ3v) is 23.7. The number of nitrogens with zero attached hydrogens (tertiary/aromatic N) is 12. The smallest absolute Gasteiger partial charge is 0.496 e. The summed E-state index contributed by atoms with van der Waals surface area (Å²) < 4.78 is 163. The van der Waals surface area contributed by atoms with Gasteiger partial charge in [0.2, 0.25) is 0 Å². The van der Waals surface area contributed by atoms with Crippen molar-refractivity contribution in [2.24, 2.45) is 0 Å². The van der Waals surface area contributed by atoms with Crippen molar-refractivity contribution in [1.82, 2.24) is 59.0 Å². The molecule has 2 N–H and O–H groups in total. The molecule has 2 aromatic heterocycles. The molecule has 0 aliphatic carbocycles. The van der Waals surface area contributed by atoms with E-state index in [0.717, 1.165) is 56.7 Å². The van der Waals surface area contributed by atoms with E-state index in [1.807, 2.05) is 30.5 Å². The van der Waals surface area contributed by atoms with Crippen LogP contribution in [0.1, 0.15) is 120 Å². The molecule has 12 heterocycles. The van der Waals surface area contributed by atoms with Crippen LogP contribution >= 0.6 is 0 Å². The minimum atomic E-state index is -5.84. The molecule has 43 heteroatoms. The van der Waals surface area contributed by atoms with Crippen molar-refractivity contribution < 1.29 is 146 Å². The fourth-order valence-corrected chi connectivity index (χ4v) is 17.9. The van der Waals surface area contributed by atoms with Crippen LogP contribution in [-0.2, 0) is 141 Å². The van der Waals surface area contributed by atoms with E-state index in [2.05, 4.69) is 32.7 Å². The van der Waals surface area contributed by atoms with Crippen molar-refractivity contribution in [1.29, 1.82) is 0 Å². The minimum Gasteiger partial charge on any atom is -0.496 e. The number of halogens is 6. The average molecular weight is 1720 g/mol. The van der Waals surface area contributed by atoms with E-state index in [-0.39, 0.29) is 73.3 Å². The molecule has 15 rings (SSSR count). The van der Waals surface area contributed by atoms with Crippen molar-refractivity contribution in [3.8, 4) is 34.8 Å². The summed E-state index contributed by atoms with van der Waals surface area (Å²) in [7, 11) is -5.88. The summed E-state index contributed by atoms with van der Waals surface area (Å²) in [5.74, 6) is 3.62. The van der Waals surface area contributed by atoms with Crippen molar-refractivity contribution in [2.45, 2.75) is 165 Å². The van der Waals surface area contributed by atoms with E-state index in [4.69, 9.17) is 68.8 Å². The Morgan fingerprint density at radius 1 is 0.462 bits per heavy atom. The summed E-state index contributed by atoms with van der Waals surface area (Å²) in [5, 5.41) is 0. The zero-order chi connectivity index (χ0) is 83.9. The number of hydrogen-bond acceptors (Lipinski definition) is 24. The first-order valence-electron chi connectivity index (χ1n) is 36.6. The molecule has 6 atom stereocenters. The third-order valence-electron chi connectivity index (χ3n) is 22.5. The summed E-state index contributed by atoms with van der Waals surface area (Å²) in [6.45, 7) is 4.96. The van der Waals surface area contributed by atoms with Crippen molar-refractivity contribution in [3.05, 3.63) is 140 Å². The van der Waals surface area contributed by atoms with Gasteiger partial charge in [-0.15, -0.1) is 0 Å². The van der Waals surface area contributed by atoms with Crippen LogP contribution in [0.15, 0.2) is 73.1 Å². The van der Waals surface area contributed by atoms with E-state index >= 15 is 38.4 Å². The number of carbonyl (C=O) groups is 8. The van der Waals surface area contributed by atoms with Gasteiger partial charge >= 0.3 is 79.3 Å². The number of amides is 8. The summed E-state index contributed by atoms with van der Waals surface area (Å²) >= 11 is 0. The number of fused-ring (bicyclic) bond motifs is 4. The number of benzene rings is 3. The van der Waals surface area contributed by atoms with Gasteiger partial charge in [0.15, 0.2) is 0 Å². The second-order valence-corrected chi connectivity index (χ2v) is 30.9. The molecule has 630 valence electrons. The molecule has 5 aromatic rings. The number of methoxy groups -OCH3 is 4. The molecule has 6 saturated heterocycles. The third kappa shape index (κ3) is 13.4. The first-order valence-corrected chi connectivity index (χ1v) is 39.5. The molecule has 0 saturated carbocycles. The number of carbonyl (C=O) groups excluding carboxylic acids is 8. The first kappa shape index (κ1) is 85.9. The van der Waals surface area contributed by atoms with E-state index in [1.165, 1.54) is 67.6 Å². The Hall–Kier alpha value is -10.5. The normalized spacial score (nSPS) is 23.4. The van der Waals surface area contributed by atoms with E-state index < -0.39 is 141 Å². The second-order valence-electron chi connectivity index (χ2n) is 28.1. The zero-order valence-corrected chi connectivity index (χ0v) is 66.8. The Morgan fingerprint density at radius 2 is 0.769 bits per heavy atom. The van der Waals surface area contributed by atoms with E-state index in [0.29, 0.717) is 80.6 Å². The molecule has 10 aliphatic heterocycles. The Kier molecular flexibility index (Phi) is 23.6. The van der Waals surface area contributed by atoms with Crippen LogP contribution in [0.5, 0.6) is 23.0 Å². The van der Waals surface area contributed by atoms with E-state index in [1.54, 1.807) is 64.2 Å². The predicted molar refractivity (Wildman–Crippen MR) is 385 cm³/mol. The Bertz CT molecular complexity index is 4910. The molecule has 8 amide bonds. The summed E-state index contributed by atoms with van der Waals surface area (Å²) in [6, 6.07) is 15.3. The molecular formula is C74H80F6FeN12O22S2. The van der Waals surface area contributed by atoms with Crippen molar-refractivity contribution in [3.63, 3.8) is 0 Å². The molecule has 0 radical (unpaired) electrons. The first-order chi connectivity index (χ1) is 55.0. The number of esters is 4. The van der Waals surface area contributed by atoms with Crippen molar-refractivity contribution >= 4 is 68.2 Å². The van der Waals surface area contributed by atoms with Crippen LogP contribution in [0.25, 0.3) is 0 Å². The Morgan fingerprint density at radius 3 is 1.04 bits per heavy atom. The van der Waals surface area contributed by atoms with Crippen LogP contribution in [0, 0.1) is 11.8 Å². The molecule has 6 fully saturated rings. The number of likely N-dealkylation sites (tertiary alicyclic amines) is 2. The fourth-order valence-electron chi connectivity index (χ4n) is 17.9. The van der Waals surface area contributed by atoms with Crippen LogP contribution in [0.3, 0.4) is 0 Å². The molecule has 117 heavy (non-hydrogen) atoms. The largest absolute Gasteiger partial charge is 0.522 e. The SMILES string of the molecule is CCOC(=O)[C@@]12N3Cc4c(OC)ccc(OC)c4CN1C(=O)N1Cc4c(cc5c(c4C#Cc4ccc(CN6CCC[C@H]6[C@@H]6CCCN6Cc6ccccn6)nc4)CN4C(=O)N6Cc7c(OC)ccc(OC)c7CN7C(=O)N(C5)[C@@]4(C(=O)OCC)[C@@]76C(=O)OCC)CN(C3=O)[C@@]12C(=O)OCC.O=S(=O)(O)C(F)(F)F.O=S(=O)(O)C(F)(F)F.[Fe]. The maximum atomic E-state index is 16.4. The summed E-state index contributed by atoms with van der Waals surface area (Å²) in [5.41, 5.74) is -16.3. The minimum absolute atomic E-state index is 0. The van der Waals surface area contributed by atoms with Gasteiger partial charge < -0.3 is 37.9 Å². The van der Waals surface area contributed by atoms with Crippen LogP contribution in [0.2, 0.25) is 0 Å². The molecule has 0 unspecified atom stereocenters. The number of aromatic nitrogens is 2. The predicted octanol–water partition coefficient (Wildman–Crippen LogP) is 6.77. The number of urea groups is 4. The van der Waals surface area contributed by atoms with Crippen LogP contribution in [0.4, 0.5) is 45.5 Å². The van der Waals surface area contributed by atoms with Gasteiger partial charge in [0, 0.05) is 88.0 Å². The fraction of sp³-hybridized carbons (Fsp3) is 0.486. The number of pyridine rings is 2. The van der Waals surface area contributed by atoms with Gasteiger partial charge in [-0.2, -0.15) is 43.2 Å². The monoisotopic (exact) mass is 1720 g/mol. The van der Waals surface area contributed by atoms with E-state index in [9.17, 15) is 26.3 Å². The Balaban J connectivity index is 0.000000673.